The van der Waals surface area contributed by atoms with E-state index in [-0.39, 0.29) is 17.5 Å². The number of likely N-dealkylation sites (tertiary alicyclic amines) is 1. The standard InChI is InChI=1S/C19H21F2NO3/c1-12(18-14(20)6-2-7-15(18)21)19(24)22-9-3-5-13(22)11-16(23)17-8-4-10-25-17/h2,4,6-8,10,12-13,16,23H,3,5,9,11H2,1H3. The molecule has 1 aromatic heterocycles. The molecule has 1 aliphatic heterocycles. The lowest BCUT2D eigenvalue weighted by atomic mass is 9.97. The van der Waals surface area contributed by atoms with E-state index < -0.39 is 23.7 Å². The molecule has 0 aliphatic carbocycles. The van der Waals surface area contributed by atoms with Gasteiger partial charge in [0.15, 0.2) is 0 Å². The molecule has 0 saturated carbocycles. The summed E-state index contributed by atoms with van der Waals surface area (Å²) in [6.45, 7) is 2.04. The van der Waals surface area contributed by atoms with Gasteiger partial charge in [0.2, 0.25) is 5.91 Å². The van der Waals surface area contributed by atoms with Crippen LogP contribution in [0.1, 0.15) is 49.5 Å². The van der Waals surface area contributed by atoms with Gasteiger partial charge >= 0.3 is 0 Å². The van der Waals surface area contributed by atoms with E-state index in [1.165, 1.54) is 19.3 Å². The monoisotopic (exact) mass is 349 g/mol. The number of benzene rings is 1. The maximum absolute atomic E-state index is 14.0. The number of carbonyl (C=O) groups is 1. The van der Waals surface area contributed by atoms with Gasteiger partial charge in [-0.1, -0.05) is 6.07 Å². The summed E-state index contributed by atoms with van der Waals surface area (Å²) in [7, 11) is 0. The predicted octanol–water partition coefficient (Wildman–Crippen LogP) is 3.78. The molecule has 134 valence electrons. The Labute approximate surface area is 145 Å². The molecule has 6 heteroatoms. The minimum Gasteiger partial charge on any atom is -0.467 e. The second-order valence-corrected chi connectivity index (χ2v) is 6.45. The van der Waals surface area contributed by atoms with E-state index in [4.69, 9.17) is 4.42 Å². The third-order valence-electron chi connectivity index (χ3n) is 4.83. The van der Waals surface area contributed by atoms with E-state index in [1.54, 1.807) is 17.0 Å². The topological polar surface area (TPSA) is 53.7 Å². The Hall–Kier alpha value is -2.21. The Balaban J connectivity index is 1.74. The van der Waals surface area contributed by atoms with Crippen LogP contribution in [0, 0.1) is 11.6 Å². The lowest BCUT2D eigenvalue weighted by molar-refractivity contribution is -0.133. The van der Waals surface area contributed by atoms with Gasteiger partial charge in [0.1, 0.15) is 23.5 Å². The van der Waals surface area contributed by atoms with Gasteiger partial charge in [0, 0.05) is 24.6 Å². The van der Waals surface area contributed by atoms with E-state index in [0.717, 1.165) is 25.0 Å². The van der Waals surface area contributed by atoms with Gasteiger partial charge in [-0.2, -0.15) is 0 Å². The molecule has 0 bridgehead atoms. The van der Waals surface area contributed by atoms with E-state index in [2.05, 4.69) is 0 Å². The van der Waals surface area contributed by atoms with Crippen molar-refractivity contribution < 1.29 is 23.1 Å². The summed E-state index contributed by atoms with van der Waals surface area (Å²) < 4.78 is 33.2. The van der Waals surface area contributed by atoms with E-state index in [0.29, 0.717) is 18.7 Å². The SMILES string of the molecule is CC(C(=O)N1CCCC1CC(O)c1ccco1)c1c(F)cccc1F. The van der Waals surface area contributed by atoms with Crippen molar-refractivity contribution in [2.45, 2.75) is 44.2 Å². The smallest absolute Gasteiger partial charge is 0.230 e. The highest BCUT2D eigenvalue weighted by Crippen LogP contribution is 2.31. The highest BCUT2D eigenvalue weighted by atomic mass is 19.1. The molecular weight excluding hydrogens is 328 g/mol. The molecule has 25 heavy (non-hydrogen) atoms. The number of rotatable bonds is 5. The van der Waals surface area contributed by atoms with Gasteiger partial charge in [-0.25, -0.2) is 8.78 Å². The number of nitrogens with zero attached hydrogens (tertiary/aromatic N) is 1. The molecule has 3 atom stereocenters. The van der Waals surface area contributed by atoms with Crippen LogP contribution in [0.2, 0.25) is 0 Å². The van der Waals surface area contributed by atoms with Crippen molar-refractivity contribution in [1.82, 2.24) is 4.90 Å². The van der Waals surface area contributed by atoms with E-state index in [9.17, 15) is 18.7 Å². The fraction of sp³-hybridized carbons (Fsp3) is 0.421. The van der Waals surface area contributed by atoms with Crippen LogP contribution in [0.3, 0.4) is 0 Å². The largest absolute Gasteiger partial charge is 0.467 e. The number of carbonyl (C=O) groups excluding carboxylic acids is 1. The molecule has 1 aromatic carbocycles. The van der Waals surface area contributed by atoms with Crippen LogP contribution in [0.4, 0.5) is 8.78 Å². The zero-order valence-corrected chi connectivity index (χ0v) is 14.0. The summed E-state index contributed by atoms with van der Waals surface area (Å²) in [5.74, 6) is -2.22. The van der Waals surface area contributed by atoms with E-state index in [1.807, 2.05) is 0 Å². The number of furan rings is 1. The Morgan fingerprint density at radius 1 is 1.32 bits per heavy atom. The quantitative estimate of drug-likeness (QED) is 0.894. The lowest BCUT2D eigenvalue weighted by Crippen LogP contribution is -2.39. The minimum absolute atomic E-state index is 0.176. The molecule has 3 unspecified atom stereocenters. The predicted molar refractivity (Wildman–Crippen MR) is 87.8 cm³/mol. The van der Waals surface area contributed by atoms with Crippen molar-refractivity contribution in [2.75, 3.05) is 6.54 Å². The highest BCUT2D eigenvalue weighted by molar-refractivity contribution is 5.84. The van der Waals surface area contributed by atoms with Crippen LogP contribution >= 0.6 is 0 Å². The van der Waals surface area contributed by atoms with E-state index >= 15 is 0 Å². The van der Waals surface area contributed by atoms with Gasteiger partial charge in [0.05, 0.1) is 12.2 Å². The number of halogens is 2. The summed E-state index contributed by atoms with van der Waals surface area (Å²) in [6.07, 6.45) is 2.56. The van der Waals surface area contributed by atoms with Gasteiger partial charge < -0.3 is 14.4 Å². The zero-order valence-electron chi connectivity index (χ0n) is 14.0. The van der Waals surface area contributed by atoms with Gasteiger partial charge in [-0.15, -0.1) is 0 Å². The molecule has 1 fully saturated rings. The van der Waals surface area contributed by atoms with Crippen molar-refractivity contribution >= 4 is 5.91 Å². The van der Waals surface area contributed by atoms with Gasteiger partial charge in [0.25, 0.3) is 0 Å². The summed E-state index contributed by atoms with van der Waals surface area (Å²) >= 11 is 0. The Morgan fingerprint density at radius 2 is 2.04 bits per heavy atom. The average molecular weight is 349 g/mol. The summed E-state index contributed by atoms with van der Waals surface area (Å²) in [6, 6.07) is 6.80. The third-order valence-corrected chi connectivity index (χ3v) is 4.83. The van der Waals surface area contributed by atoms with Crippen LogP contribution in [0.25, 0.3) is 0 Å². The number of aliphatic hydroxyl groups excluding tert-OH is 1. The number of hydrogen-bond acceptors (Lipinski definition) is 3. The van der Waals surface area contributed by atoms with Crippen LogP contribution < -0.4 is 0 Å². The maximum Gasteiger partial charge on any atom is 0.230 e. The third kappa shape index (κ3) is 3.58. The Kier molecular flexibility index (Phi) is 5.18. The lowest BCUT2D eigenvalue weighted by Gasteiger charge is -2.29. The molecular formula is C19H21F2NO3. The molecule has 3 rings (SSSR count). The first kappa shape index (κ1) is 17.6. The second-order valence-electron chi connectivity index (χ2n) is 6.45. The molecule has 2 aromatic rings. The molecule has 1 saturated heterocycles. The minimum atomic E-state index is -0.914. The number of aliphatic hydroxyl groups is 1. The zero-order chi connectivity index (χ0) is 18.0. The molecule has 4 nitrogen and oxygen atoms in total. The highest BCUT2D eigenvalue weighted by Gasteiger charge is 2.35. The van der Waals surface area contributed by atoms with Crippen molar-refractivity contribution in [2.24, 2.45) is 0 Å². The van der Waals surface area contributed by atoms with Crippen LogP contribution in [-0.2, 0) is 4.79 Å². The van der Waals surface area contributed by atoms with Gasteiger partial charge in [-0.3, -0.25) is 4.79 Å². The summed E-state index contributed by atoms with van der Waals surface area (Å²) in [5.41, 5.74) is -0.204. The molecule has 2 heterocycles. The summed E-state index contributed by atoms with van der Waals surface area (Å²) in [4.78, 5) is 14.4. The molecule has 1 aliphatic rings. The van der Waals surface area contributed by atoms with Gasteiger partial charge in [-0.05, 0) is 44.0 Å². The van der Waals surface area contributed by atoms with Crippen LogP contribution in [0.15, 0.2) is 41.0 Å². The number of amides is 1. The molecule has 1 amide bonds. The Morgan fingerprint density at radius 3 is 2.68 bits per heavy atom. The number of hydrogen-bond donors (Lipinski definition) is 1. The van der Waals surface area contributed by atoms with Crippen molar-refractivity contribution in [3.05, 3.63) is 59.6 Å². The fourth-order valence-corrected chi connectivity index (χ4v) is 3.52. The first-order valence-corrected chi connectivity index (χ1v) is 8.45. The van der Waals surface area contributed by atoms with Crippen LogP contribution in [0.5, 0.6) is 0 Å². The van der Waals surface area contributed by atoms with Crippen molar-refractivity contribution in [3.8, 4) is 0 Å². The second kappa shape index (κ2) is 7.35. The van der Waals surface area contributed by atoms with Crippen molar-refractivity contribution in [1.29, 1.82) is 0 Å². The van der Waals surface area contributed by atoms with Crippen LogP contribution in [-0.4, -0.2) is 28.5 Å². The molecule has 0 radical (unpaired) electrons. The first-order chi connectivity index (χ1) is 12.0. The first-order valence-electron chi connectivity index (χ1n) is 8.45. The average Bonchev–Trinajstić information content (AvgIpc) is 3.25. The molecule has 0 spiro atoms. The Bertz CT molecular complexity index is 712. The fourth-order valence-electron chi connectivity index (χ4n) is 3.52. The summed E-state index contributed by atoms with van der Waals surface area (Å²) in [5, 5.41) is 10.3. The molecule has 1 N–H and O–H groups in total. The van der Waals surface area contributed by atoms with Crippen molar-refractivity contribution in [3.63, 3.8) is 0 Å². The maximum atomic E-state index is 14.0. The normalized spacial score (nSPS) is 19.8.